The van der Waals surface area contributed by atoms with E-state index in [1.807, 2.05) is 36.5 Å². The maximum Gasteiger partial charge on any atom is 0.0947 e. The van der Waals surface area contributed by atoms with Gasteiger partial charge in [-0.2, -0.15) is 5.10 Å². The summed E-state index contributed by atoms with van der Waals surface area (Å²) in [6, 6.07) is 1.99. The van der Waals surface area contributed by atoms with Crippen molar-refractivity contribution < 1.29 is 0 Å². The molecule has 16 heavy (non-hydrogen) atoms. The van der Waals surface area contributed by atoms with Gasteiger partial charge in [0.1, 0.15) is 0 Å². The first-order valence-electron chi connectivity index (χ1n) is 5.29. The zero-order valence-corrected chi connectivity index (χ0v) is 9.88. The van der Waals surface area contributed by atoms with Crippen LogP contribution in [0.25, 0.3) is 0 Å². The van der Waals surface area contributed by atoms with Crippen LogP contribution in [0.5, 0.6) is 0 Å². The van der Waals surface area contributed by atoms with E-state index in [-0.39, 0.29) is 6.04 Å². The summed E-state index contributed by atoms with van der Waals surface area (Å²) in [6.07, 6.45) is 4.48. The minimum atomic E-state index is -0.0731. The maximum atomic E-state index is 6.10. The van der Waals surface area contributed by atoms with Crippen molar-refractivity contribution in [1.29, 1.82) is 0 Å². The van der Waals surface area contributed by atoms with E-state index in [9.17, 15) is 0 Å². The van der Waals surface area contributed by atoms with E-state index < -0.39 is 0 Å². The lowest BCUT2D eigenvalue weighted by atomic mass is 10.1. The molecule has 0 amide bonds. The summed E-state index contributed by atoms with van der Waals surface area (Å²) < 4.78 is 3.78. The minimum absolute atomic E-state index is 0.0731. The van der Waals surface area contributed by atoms with Crippen LogP contribution in [0.2, 0.25) is 0 Å². The van der Waals surface area contributed by atoms with E-state index in [1.54, 1.807) is 6.33 Å². The molecule has 5 heteroatoms. The third kappa shape index (κ3) is 2.14. The zero-order chi connectivity index (χ0) is 11.7. The molecule has 2 N–H and O–H groups in total. The third-order valence-electron chi connectivity index (χ3n) is 2.63. The molecular formula is C11H17N5. The van der Waals surface area contributed by atoms with Crippen LogP contribution in [0.1, 0.15) is 23.1 Å². The van der Waals surface area contributed by atoms with Crippen LogP contribution in [-0.4, -0.2) is 19.3 Å². The molecule has 0 aliphatic rings. The highest BCUT2D eigenvalue weighted by Crippen LogP contribution is 2.14. The molecule has 1 atom stereocenters. The molecule has 0 fully saturated rings. The van der Waals surface area contributed by atoms with E-state index in [0.29, 0.717) is 0 Å². The Balaban J connectivity index is 2.13. The first-order chi connectivity index (χ1) is 7.56. The first kappa shape index (κ1) is 10.9. The van der Waals surface area contributed by atoms with Gasteiger partial charge < -0.3 is 10.3 Å². The maximum absolute atomic E-state index is 6.10. The van der Waals surface area contributed by atoms with Crippen LogP contribution < -0.4 is 5.73 Å². The summed E-state index contributed by atoms with van der Waals surface area (Å²) in [5.74, 6) is 0. The highest BCUT2D eigenvalue weighted by atomic mass is 15.3. The molecule has 2 heterocycles. The molecule has 0 aliphatic heterocycles. The smallest absolute Gasteiger partial charge is 0.0947 e. The molecular weight excluding hydrogens is 202 g/mol. The van der Waals surface area contributed by atoms with Crippen molar-refractivity contribution in [3.63, 3.8) is 0 Å². The van der Waals surface area contributed by atoms with Crippen LogP contribution in [0, 0.1) is 6.92 Å². The van der Waals surface area contributed by atoms with Gasteiger partial charge in [0.2, 0.25) is 0 Å². The van der Waals surface area contributed by atoms with Gasteiger partial charge in [-0.15, -0.1) is 0 Å². The van der Waals surface area contributed by atoms with Crippen LogP contribution in [0.15, 0.2) is 18.6 Å². The van der Waals surface area contributed by atoms with Crippen molar-refractivity contribution in [1.82, 2.24) is 19.3 Å². The van der Waals surface area contributed by atoms with Crippen molar-refractivity contribution in [2.75, 3.05) is 0 Å². The molecule has 86 valence electrons. The lowest BCUT2D eigenvalue weighted by molar-refractivity contribution is 0.630. The quantitative estimate of drug-likeness (QED) is 0.826. The van der Waals surface area contributed by atoms with E-state index in [1.165, 1.54) is 0 Å². The van der Waals surface area contributed by atoms with Crippen LogP contribution >= 0.6 is 0 Å². The molecule has 0 aromatic carbocycles. The summed E-state index contributed by atoms with van der Waals surface area (Å²) in [5, 5.41) is 4.30. The number of aryl methyl sites for hydroxylation is 3. The summed E-state index contributed by atoms with van der Waals surface area (Å²) in [6.45, 7) is 1.98. The van der Waals surface area contributed by atoms with E-state index in [2.05, 4.69) is 16.1 Å². The Kier molecular flexibility index (Phi) is 2.78. The Hall–Kier alpha value is -1.62. The number of imidazole rings is 1. The third-order valence-corrected chi connectivity index (χ3v) is 2.63. The number of nitrogens with zero attached hydrogens (tertiary/aromatic N) is 4. The minimum Gasteiger partial charge on any atom is -0.340 e. The van der Waals surface area contributed by atoms with E-state index in [0.717, 1.165) is 23.5 Å². The molecule has 0 aliphatic carbocycles. The van der Waals surface area contributed by atoms with Gasteiger partial charge in [-0.1, -0.05) is 0 Å². The van der Waals surface area contributed by atoms with Crippen molar-refractivity contribution >= 4 is 0 Å². The Morgan fingerprint density at radius 2 is 2.19 bits per heavy atom. The largest absolute Gasteiger partial charge is 0.340 e. The number of hydrogen-bond donors (Lipinski definition) is 1. The second-order valence-electron chi connectivity index (χ2n) is 4.18. The molecule has 1 unspecified atom stereocenters. The lowest BCUT2D eigenvalue weighted by Gasteiger charge is -2.08. The van der Waals surface area contributed by atoms with Crippen molar-refractivity contribution in [3.05, 3.63) is 35.7 Å². The molecule has 2 aromatic rings. The van der Waals surface area contributed by atoms with Gasteiger partial charge in [0, 0.05) is 32.4 Å². The highest BCUT2D eigenvalue weighted by molar-refractivity contribution is 5.13. The molecule has 2 aromatic heterocycles. The topological polar surface area (TPSA) is 61.7 Å². The predicted molar refractivity (Wildman–Crippen MR) is 61.8 cm³/mol. The highest BCUT2D eigenvalue weighted by Gasteiger charge is 2.12. The molecule has 2 rings (SSSR count). The van der Waals surface area contributed by atoms with Gasteiger partial charge >= 0.3 is 0 Å². The molecule has 0 spiro atoms. The second kappa shape index (κ2) is 4.09. The standard InChI is InChI=1S/C11H17N5/c1-8-4-9(16(3)14-8)5-10(12)11-6-15(2)7-13-11/h4,6-7,10H,5,12H2,1-3H3. The summed E-state index contributed by atoms with van der Waals surface area (Å²) in [5.41, 5.74) is 9.17. The van der Waals surface area contributed by atoms with Gasteiger partial charge in [0.05, 0.1) is 23.8 Å². The number of hydrogen-bond acceptors (Lipinski definition) is 3. The van der Waals surface area contributed by atoms with Crippen molar-refractivity contribution in [2.45, 2.75) is 19.4 Å². The van der Waals surface area contributed by atoms with Gasteiger partial charge in [-0.3, -0.25) is 4.68 Å². The first-order valence-corrected chi connectivity index (χ1v) is 5.29. The normalized spacial score (nSPS) is 13.0. The van der Waals surface area contributed by atoms with E-state index >= 15 is 0 Å². The lowest BCUT2D eigenvalue weighted by Crippen LogP contribution is -2.15. The van der Waals surface area contributed by atoms with Crippen LogP contribution in [0.3, 0.4) is 0 Å². The fourth-order valence-electron chi connectivity index (χ4n) is 1.81. The average Bonchev–Trinajstić information content (AvgIpc) is 2.74. The van der Waals surface area contributed by atoms with Gasteiger partial charge in [0.25, 0.3) is 0 Å². The van der Waals surface area contributed by atoms with Crippen LogP contribution in [-0.2, 0) is 20.5 Å². The Morgan fingerprint density at radius 3 is 2.69 bits per heavy atom. The molecule has 0 bridgehead atoms. The van der Waals surface area contributed by atoms with Crippen molar-refractivity contribution in [2.24, 2.45) is 19.8 Å². The Morgan fingerprint density at radius 1 is 1.44 bits per heavy atom. The second-order valence-corrected chi connectivity index (χ2v) is 4.18. The SMILES string of the molecule is Cc1cc(CC(N)c2cn(C)cn2)n(C)n1. The van der Waals surface area contributed by atoms with Crippen LogP contribution in [0.4, 0.5) is 0 Å². The fraction of sp³-hybridized carbons (Fsp3) is 0.455. The van der Waals surface area contributed by atoms with Crippen molar-refractivity contribution in [3.8, 4) is 0 Å². The fourth-order valence-corrected chi connectivity index (χ4v) is 1.81. The number of nitrogens with two attached hydrogens (primary N) is 1. The average molecular weight is 219 g/mol. The summed E-state index contributed by atoms with van der Waals surface area (Å²) in [7, 11) is 3.88. The van der Waals surface area contributed by atoms with Gasteiger partial charge in [0.15, 0.2) is 0 Å². The predicted octanol–water partition coefficient (Wildman–Crippen LogP) is 0.705. The molecule has 0 radical (unpaired) electrons. The van der Waals surface area contributed by atoms with E-state index in [4.69, 9.17) is 5.73 Å². The Bertz CT molecular complexity index is 482. The summed E-state index contributed by atoms with van der Waals surface area (Å²) in [4.78, 5) is 4.26. The zero-order valence-electron chi connectivity index (χ0n) is 9.88. The molecule has 0 saturated heterocycles. The monoisotopic (exact) mass is 219 g/mol. The Labute approximate surface area is 94.9 Å². The number of rotatable bonds is 3. The number of aromatic nitrogens is 4. The van der Waals surface area contributed by atoms with Gasteiger partial charge in [-0.25, -0.2) is 4.98 Å². The van der Waals surface area contributed by atoms with Gasteiger partial charge in [-0.05, 0) is 13.0 Å². The summed E-state index contributed by atoms with van der Waals surface area (Å²) >= 11 is 0. The molecule has 0 saturated carbocycles. The molecule has 5 nitrogen and oxygen atoms in total.